The molecule has 0 saturated heterocycles. The Morgan fingerprint density at radius 3 is 2.56 bits per heavy atom. The molecule has 174 valence electrons. The monoisotopic (exact) mass is 464 g/mol. The first-order chi connectivity index (χ1) is 16.2. The number of ether oxygens (including phenoxy) is 3. The standard InChI is InChI=1S/C28H23F3O3/c1-27(2)13-12-23-24(34-27)11-8-19-14-20(17-33-26(19)23)22-10-9-21(28(29,30)31)15-25(22)32-16-18-6-4-3-5-7-18/h3-15H,16-17H2,1-2H3. The molecule has 0 aromatic heterocycles. The highest BCUT2D eigenvalue weighted by Gasteiger charge is 2.32. The molecule has 0 aliphatic carbocycles. The summed E-state index contributed by atoms with van der Waals surface area (Å²) in [6.07, 6.45) is 1.43. The molecule has 0 bridgehead atoms. The number of rotatable bonds is 4. The Hall–Kier alpha value is -3.67. The maximum Gasteiger partial charge on any atom is 0.416 e. The summed E-state index contributed by atoms with van der Waals surface area (Å²) in [5.41, 5.74) is 2.72. The SMILES string of the molecule is CC1(C)C=Cc2c(ccc3c2OCC(c2ccc(C(F)(F)F)cc2OCc2ccccc2)=C3)O1. The Labute approximate surface area is 196 Å². The third-order valence-electron chi connectivity index (χ3n) is 5.80. The van der Waals surface area contributed by atoms with E-state index >= 15 is 0 Å². The quantitative estimate of drug-likeness (QED) is 0.403. The highest BCUT2D eigenvalue weighted by atomic mass is 19.4. The fraction of sp³-hybridized carbons (Fsp3) is 0.214. The molecule has 3 nitrogen and oxygen atoms in total. The predicted molar refractivity (Wildman–Crippen MR) is 126 cm³/mol. The zero-order valence-electron chi connectivity index (χ0n) is 18.8. The van der Waals surface area contributed by atoms with Crippen LogP contribution in [0.5, 0.6) is 17.2 Å². The van der Waals surface area contributed by atoms with Crippen molar-refractivity contribution in [2.24, 2.45) is 0 Å². The van der Waals surface area contributed by atoms with Crippen LogP contribution >= 0.6 is 0 Å². The Bertz CT molecular complexity index is 1290. The number of hydrogen-bond acceptors (Lipinski definition) is 3. The van der Waals surface area contributed by atoms with Gasteiger partial charge in [0.25, 0.3) is 0 Å². The minimum absolute atomic E-state index is 0.158. The molecule has 0 atom stereocenters. The Kier molecular flexibility index (Phi) is 5.39. The number of benzene rings is 3. The van der Waals surface area contributed by atoms with Crippen molar-refractivity contribution in [1.82, 2.24) is 0 Å². The molecule has 0 fully saturated rings. The first-order valence-corrected chi connectivity index (χ1v) is 11.0. The molecule has 0 N–H and O–H groups in total. The summed E-state index contributed by atoms with van der Waals surface area (Å²) in [4.78, 5) is 0. The fourth-order valence-corrected chi connectivity index (χ4v) is 4.07. The highest BCUT2D eigenvalue weighted by Crippen LogP contribution is 2.44. The molecule has 0 radical (unpaired) electrons. The maximum atomic E-state index is 13.4. The average Bonchev–Trinajstić information content (AvgIpc) is 2.81. The van der Waals surface area contributed by atoms with Gasteiger partial charge in [-0.25, -0.2) is 0 Å². The summed E-state index contributed by atoms with van der Waals surface area (Å²) in [6, 6.07) is 16.7. The zero-order chi connectivity index (χ0) is 23.9. The summed E-state index contributed by atoms with van der Waals surface area (Å²) in [5.74, 6) is 1.61. The molecule has 34 heavy (non-hydrogen) atoms. The Morgan fingerprint density at radius 1 is 1.00 bits per heavy atom. The van der Waals surface area contributed by atoms with E-state index in [0.29, 0.717) is 11.3 Å². The van der Waals surface area contributed by atoms with Gasteiger partial charge >= 0.3 is 6.18 Å². The van der Waals surface area contributed by atoms with Crippen molar-refractivity contribution in [1.29, 1.82) is 0 Å². The van der Waals surface area contributed by atoms with Gasteiger partial charge in [-0.3, -0.25) is 0 Å². The van der Waals surface area contributed by atoms with Crippen LogP contribution in [-0.4, -0.2) is 12.2 Å². The van der Waals surface area contributed by atoms with Crippen molar-refractivity contribution in [3.8, 4) is 17.2 Å². The fourth-order valence-electron chi connectivity index (χ4n) is 4.07. The summed E-state index contributed by atoms with van der Waals surface area (Å²) >= 11 is 0. The lowest BCUT2D eigenvalue weighted by atomic mass is 9.95. The summed E-state index contributed by atoms with van der Waals surface area (Å²) < 4.78 is 58.2. The van der Waals surface area contributed by atoms with Crippen LogP contribution in [0, 0.1) is 0 Å². The first-order valence-electron chi connectivity index (χ1n) is 11.0. The second-order valence-electron chi connectivity index (χ2n) is 8.88. The van der Waals surface area contributed by atoms with Gasteiger partial charge in [-0.1, -0.05) is 36.4 Å². The van der Waals surface area contributed by atoms with Gasteiger partial charge in [0.1, 0.15) is 36.1 Å². The van der Waals surface area contributed by atoms with Gasteiger partial charge in [0, 0.05) is 16.7 Å². The van der Waals surface area contributed by atoms with Crippen molar-refractivity contribution in [2.45, 2.75) is 32.2 Å². The molecule has 0 amide bonds. The van der Waals surface area contributed by atoms with Gasteiger partial charge in [0.2, 0.25) is 0 Å². The number of fused-ring (bicyclic) bond motifs is 3. The van der Waals surface area contributed by atoms with Crippen LogP contribution in [0.15, 0.2) is 66.7 Å². The van der Waals surface area contributed by atoms with Gasteiger partial charge in [-0.05, 0) is 61.9 Å². The molecular weight excluding hydrogens is 441 g/mol. The summed E-state index contributed by atoms with van der Waals surface area (Å²) in [7, 11) is 0. The van der Waals surface area contributed by atoms with E-state index in [1.165, 1.54) is 6.07 Å². The third kappa shape index (κ3) is 4.40. The molecule has 2 aliphatic rings. The third-order valence-corrected chi connectivity index (χ3v) is 5.80. The van der Waals surface area contributed by atoms with E-state index in [1.807, 2.05) is 74.5 Å². The molecule has 6 heteroatoms. The molecule has 3 aromatic carbocycles. The van der Waals surface area contributed by atoms with Gasteiger partial charge in [0.05, 0.1) is 11.1 Å². The van der Waals surface area contributed by atoms with Gasteiger partial charge in [-0.2, -0.15) is 13.2 Å². The maximum absolute atomic E-state index is 13.4. The Morgan fingerprint density at radius 2 is 1.79 bits per heavy atom. The number of halogens is 3. The topological polar surface area (TPSA) is 27.7 Å². The second kappa shape index (κ2) is 8.28. The average molecular weight is 464 g/mol. The van der Waals surface area contributed by atoms with E-state index in [9.17, 15) is 13.2 Å². The normalized spacial score (nSPS) is 16.0. The largest absolute Gasteiger partial charge is 0.488 e. The van der Waals surface area contributed by atoms with E-state index in [0.717, 1.165) is 40.1 Å². The molecule has 2 aliphatic heterocycles. The van der Waals surface area contributed by atoms with Crippen LogP contribution in [0.25, 0.3) is 17.7 Å². The lowest BCUT2D eigenvalue weighted by molar-refractivity contribution is -0.137. The van der Waals surface area contributed by atoms with E-state index in [4.69, 9.17) is 14.2 Å². The molecule has 3 aromatic rings. The van der Waals surface area contributed by atoms with Gasteiger partial charge in [0.15, 0.2) is 0 Å². The van der Waals surface area contributed by atoms with Crippen LogP contribution < -0.4 is 14.2 Å². The highest BCUT2D eigenvalue weighted by molar-refractivity contribution is 5.90. The smallest absolute Gasteiger partial charge is 0.416 e. The van der Waals surface area contributed by atoms with E-state index in [1.54, 1.807) is 0 Å². The van der Waals surface area contributed by atoms with E-state index in [-0.39, 0.29) is 19.0 Å². The number of hydrogen-bond donors (Lipinski definition) is 0. The molecular formula is C28H23F3O3. The van der Waals surface area contributed by atoms with Crippen LogP contribution in [0.2, 0.25) is 0 Å². The van der Waals surface area contributed by atoms with Gasteiger partial charge < -0.3 is 14.2 Å². The minimum Gasteiger partial charge on any atom is -0.488 e. The van der Waals surface area contributed by atoms with Gasteiger partial charge in [-0.15, -0.1) is 0 Å². The molecule has 2 heterocycles. The predicted octanol–water partition coefficient (Wildman–Crippen LogP) is 7.40. The van der Waals surface area contributed by atoms with Crippen molar-refractivity contribution < 1.29 is 27.4 Å². The summed E-state index contributed by atoms with van der Waals surface area (Å²) in [5, 5.41) is 0. The van der Waals surface area contributed by atoms with E-state index in [2.05, 4.69) is 0 Å². The van der Waals surface area contributed by atoms with Crippen molar-refractivity contribution in [3.63, 3.8) is 0 Å². The van der Waals surface area contributed by atoms with Crippen LogP contribution in [0.1, 0.15) is 41.7 Å². The minimum atomic E-state index is -4.47. The second-order valence-corrected chi connectivity index (χ2v) is 8.88. The van der Waals surface area contributed by atoms with Crippen molar-refractivity contribution in [3.05, 3.63) is 94.6 Å². The molecule has 0 unspecified atom stereocenters. The molecule has 5 rings (SSSR count). The van der Waals surface area contributed by atoms with E-state index < -0.39 is 17.3 Å². The van der Waals surface area contributed by atoms with Crippen molar-refractivity contribution in [2.75, 3.05) is 6.61 Å². The Balaban J connectivity index is 1.51. The van der Waals surface area contributed by atoms with Crippen LogP contribution in [0.4, 0.5) is 13.2 Å². The molecule has 0 spiro atoms. The number of alkyl halides is 3. The lowest BCUT2D eigenvalue weighted by Crippen LogP contribution is -2.27. The zero-order valence-corrected chi connectivity index (χ0v) is 18.8. The van der Waals surface area contributed by atoms with Crippen LogP contribution in [-0.2, 0) is 12.8 Å². The first kappa shape index (κ1) is 22.1. The van der Waals surface area contributed by atoms with Crippen molar-refractivity contribution >= 4 is 17.7 Å². The molecule has 0 saturated carbocycles. The van der Waals surface area contributed by atoms with Crippen LogP contribution in [0.3, 0.4) is 0 Å². The summed E-state index contributed by atoms with van der Waals surface area (Å²) in [6.45, 7) is 4.32. The lowest BCUT2D eigenvalue weighted by Gasteiger charge is -2.30.